The SMILES string of the molecule is CCCCCCCCCCCCCCOC(=O)C[N+](C)(C)CCN1CC[N+](C)(CC(=O)OCCCCCCCCCCCCCC)CC1. The number of piperazine rings is 1. The van der Waals surface area contributed by atoms with E-state index >= 15 is 0 Å². The Morgan fingerprint density at radius 1 is 0.562 bits per heavy atom. The van der Waals surface area contributed by atoms with Crippen LogP contribution < -0.4 is 0 Å². The van der Waals surface area contributed by atoms with Crippen molar-refractivity contribution < 1.29 is 28.0 Å². The Kier molecular flexibility index (Phi) is 27.6. The first-order valence-corrected chi connectivity index (χ1v) is 20.9. The highest BCUT2D eigenvalue weighted by Crippen LogP contribution is 2.15. The number of nitrogens with zero attached hydrogens (tertiary/aromatic N) is 3. The molecular formula is C41H83N3O4+2. The molecule has 0 aromatic carbocycles. The molecule has 1 aliphatic rings. The first-order valence-electron chi connectivity index (χ1n) is 20.9. The molecule has 0 amide bonds. The number of unbranched alkanes of at least 4 members (excludes halogenated alkanes) is 22. The number of ether oxygens (including phenoxy) is 2. The van der Waals surface area contributed by atoms with E-state index in [4.69, 9.17) is 9.47 Å². The minimum atomic E-state index is -0.0760. The van der Waals surface area contributed by atoms with E-state index in [0.29, 0.717) is 30.8 Å². The zero-order valence-corrected chi connectivity index (χ0v) is 33.0. The van der Waals surface area contributed by atoms with E-state index in [-0.39, 0.29) is 11.9 Å². The molecule has 0 bridgehead atoms. The van der Waals surface area contributed by atoms with Gasteiger partial charge in [-0.1, -0.05) is 155 Å². The Labute approximate surface area is 299 Å². The largest absolute Gasteiger partial charge is 0.462 e. The van der Waals surface area contributed by atoms with Crippen LogP contribution in [0.2, 0.25) is 0 Å². The predicted molar refractivity (Wildman–Crippen MR) is 203 cm³/mol. The van der Waals surface area contributed by atoms with Crippen LogP contribution in [-0.2, 0) is 19.1 Å². The Morgan fingerprint density at radius 2 is 0.917 bits per heavy atom. The summed E-state index contributed by atoms with van der Waals surface area (Å²) < 4.78 is 12.6. The zero-order valence-electron chi connectivity index (χ0n) is 33.0. The molecule has 0 aromatic rings. The summed E-state index contributed by atoms with van der Waals surface area (Å²) in [6.07, 6.45) is 31.5. The maximum absolute atomic E-state index is 12.6. The van der Waals surface area contributed by atoms with Gasteiger partial charge in [-0.3, -0.25) is 4.90 Å². The van der Waals surface area contributed by atoms with Gasteiger partial charge in [0.25, 0.3) is 0 Å². The number of rotatable bonds is 33. The van der Waals surface area contributed by atoms with Gasteiger partial charge >= 0.3 is 11.9 Å². The van der Waals surface area contributed by atoms with Crippen LogP contribution in [0.1, 0.15) is 168 Å². The maximum Gasteiger partial charge on any atom is 0.361 e. The van der Waals surface area contributed by atoms with Gasteiger partial charge in [-0.25, -0.2) is 9.59 Å². The van der Waals surface area contributed by atoms with Crippen molar-refractivity contribution in [2.24, 2.45) is 0 Å². The molecule has 0 radical (unpaired) electrons. The first kappa shape index (κ1) is 44.8. The van der Waals surface area contributed by atoms with Gasteiger partial charge in [0.1, 0.15) is 0 Å². The van der Waals surface area contributed by atoms with Gasteiger partial charge in [0, 0.05) is 19.6 Å². The van der Waals surface area contributed by atoms with Gasteiger partial charge in [-0.2, -0.15) is 0 Å². The molecule has 0 atom stereocenters. The van der Waals surface area contributed by atoms with Crippen LogP contribution in [0.4, 0.5) is 0 Å². The van der Waals surface area contributed by atoms with Crippen molar-refractivity contribution in [3.05, 3.63) is 0 Å². The van der Waals surface area contributed by atoms with E-state index in [0.717, 1.165) is 69.4 Å². The number of carbonyl (C=O) groups is 2. The van der Waals surface area contributed by atoms with Crippen LogP contribution in [0.25, 0.3) is 0 Å². The predicted octanol–water partition coefficient (Wildman–Crippen LogP) is 9.31. The van der Waals surface area contributed by atoms with E-state index in [2.05, 4.69) is 39.9 Å². The quantitative estimate of drug-likeness (QED) is 0.0393. The molecule has 1 fully saturated rings. The maximum atomic E-state index is 12.6. The topological polar surface area (TPSA) is 55.8 Å². The van der Waals surface area contributed by atoms with Gasteiger partial charge < -0.3 is 18.4 Å². The highest BCUT2D eigenvalue weighted by atomic mass is 16.5. The van der Waals surface area contributed by atoms with Crippen molar-refractivity contribution in [1.82, 2.24) is 4.90 Å². The number of likely N-dealkylation sites (N-methyl/N-ethyl adjacent to an activating group) is 2. The second-order valence-corrected chi connectivity index (χ2v) is 16.1. The van der Waals surface area contributed by atoms with E-state index in [9.17, 15) is 9.59 Å². The van der Waals surface area contributed by atoms with Crippen LogP contribution >= 0.6 is 0 Å². The fourth-order valence-electron chi connectivity index (χ4n) is 6.87. The molecule has 0 aliphatic carbocycles. The monoisotopic (exact) mass is 682 g/mol. The fourth-order valence-corrected chi connectivity index (χ4v) is 6.87. The summed E-state index contributed by atoms with van der Waals surface area (Å²) in [4.78, 5) is 27.6. The Morgan fingerprint density at radius 3 is 1.31 bits per heavy atom. The number of quaternary nitrogens is 2. The summed E-state index contributed by atoms with van der Waals surface area (Å²) in [5.74, 6) is -0.123. The third-order valence-corrected chi connectivity index (χ3v) is 10.5. The summed E-state index contributed by atoms with van der Waals surface area (Å²) >= 11 is 0. The summed E-state index contributed by atoms with van der Waals surface area (Å²) in [5, 5.41) is 0. The fraction of sp³-hybridized carbons (Fsp3) is 0.951. The number of esters is 2. The van der Waals surface area contributed by atoms with Crippen LogP contribution in [0.15, 0.2) is 0 Å². The van der Waals surface area contributed by atoms with Crippen LogP contribution in [0.5, 0.6) is 0 Å². The number of carbonyl (C=O) groups excluding carboxylic acids is 2. The van der Waals surface area contributed by atoms with E-state index < -0.39 is 0 Å². The molecule has 0 N–H and O–H groups in total. The van der Waals surface area contributed by atoms with Gasteiger partial charge in [-0.15, -0.1) is 0 Å². The second kappa shape index (κ2) is 29.5. The van der Waals surface area contributed by atoms with Crippen molar-refractivity contribution in [3.8, 4) is 0 Å². The lowest BCUT2D eigenvalue weighted by Gasteiger charge is -2.42. The number of hydrogen-bond donors (Lipinski definition) is 0. The molecule has 1 rings (SSSR count). The standard InChI is InChI=1S/C41H83N3O4/c1-6-8-10-12-14-16-18-20-22-24-26-28-36-47-40(45)38-43(3,4)33-30-42-31-34-44(5,35-32-42)39-41(46)48-37-29-27-25-23-21-19-17-15-13-11-9-7-2/h6-39H2,1-5H3/q+2. The van der Waals surface area contributed by atoms with Crippen molar-refractivity contribution in [3.63, 3.8) is 0 Å². The third kappa shape index (κ3) is 26.7. The van der Waals surface area contributed by atoms with Crippen molar-refractivity contribution >= 4 is 11.9 Å². The first-order chi connectivity index (χ1) is 23.2. The summed E-state index contributed by atoms with van der Waals surface area (Å²) in [5.41, 5.74) is 0. The highest BCUT2D eigenvalue weighted by molar-refractivity contribution is 5.70. The minimum Gasteiger partial charge on any atom is -0.462 e. The lowest BCUT2D eigenvalue weighted by molar-refractivity contribution is -0.907. The van der Waals surface area contributed by atoms with Crippen molar-refractivity contribution in [1.29, 1.82) is 0 Å². The summed E-state index contributed by atoms with van der Waals surface area (Å²) in [7, 11) is 6.44. The van der Waals surface area contributed by atoms with Crippen molar-refractivity contribution in [2.45, 2.75) is 168 Å². The lowest BCUT2D eigenvalue weighted by atomic mass is 10.1. The van der Waals surface area contributed by atoms with Crippen molar-refractivity contribution in [2.75, 3.05) is 86.7 Å². The summed E-state index contributed by atoms with van der Waals surface area (Å²) in [6.45, 7) is 12.3. The van der Waals surface area contributed by atoms with Gasteiger partial charge in [-0.05, 0) is 12.8 Å². The van der Waals surface area contributed by atoms with Crippen LogP contribution in [0, 0.1) is 0 Å². The van der Waals surface area contributed by atoms with E-state index in [1.54, 1.807) is 0 Å². The van der Waals surface area contributed by atoms with Gasteiger partial charge in [0.15, 0.2) is 13.1 Å². The molecule has 1 aliphatic heterocycles. The molecule has 0 aromatic heterocycles. The molecule has 0 spiro atoms. The lowest BCUT2D eigenvalue weighted by Crippen LogP contribution is -2.60. The Balaban J connectivity index is 2.02. The minimum absolute atomic E-state index is 0.0474. The van der Waals surface area contributed by atoms with Gasteiger partial charge in [0.2, 0.25) is 0 Å². The van der Waals surface area contributed by atoms with E-state index in [1.807, 2.05) is 0 Å². The molecule has 0 saturated carbocycles. The second-order valence-electron chi connectivity index (χ2n) is 16.1. The van der Waals surface area contributed by atoms with E-state index in [1.165, 1.54) is 128 Å². The highest BCUT2D eigenvalue weighted by Gasteiger charge is 2.32. The molecular weight excluding hydrogens is 598 g/mol. The normalized spacial score (nSPS) is 15.1. The molecule has 48 heavy (non-hydrogen) atoms. The average Bonchev–Trinajstić information content (AvgIpc) is 3.05. The smallest absolute Gasteiger partial charge is 0.361 e. The Bertz CT molecular complexity index is 767. The Hall–Kier alpha value is -1.18. The molecule has 284 valence electrons. The van der Waals surface area contributed by atoms with Gasteiger partial charge in [0.05, 0.1) is 54.0 Å². The number of hydrogen-bond acceptors (Lipinski definition) is 5. The molecule has 1 saturated heterocycles. The molecule has 1 heterocycles. The zero-order chi connectivity index (χ0) is 35.2. The molecule has 7 heteroatoms. The molecule has 7 nitrogen and oxygen atoms in total. The average molecular weight is 682 g/mol. The third-order valence-electron chi connectivity index (χ3n) is 10.5. The molecule has 0 unspecified atom stereocenters. The van der Waals surface area contributed by atoms with Crippen LogP contribution in [-0.4, -0.2) is 113 Å². The summed E-state index contributed by atoms with van der Waals surface area (Å²) in [6, 6.07) is 0. The van der Waals surface area contributed by atoms with Crippen LogP contribution in [0.3, 0.4) is 0 Å².